The van der Waals surface area contributed by atoms with Crippen LogP contribution >= 0.6 is 0 Å². The highest BCUT2D eigenvalue weighted by Gasteiger charge is 2.36. The molecule has 0 N–H and O–H groups in total. The maximum atomic E-state index is 12.7. The Balaban J connectivity index is 1.84. The summed E-state index contributed by atoms with van der Waals surface area (Å²) in [5, 5.41) is 0. The van der Waals surface area contributed by atoms with Crippen molar-refractivity contribution in [3.8, 4) is 0 Å². The highest BCUT2D eigenvalue weighted by Crippen LogP contribution is 2.34. The monoisotopic (exact) mass is 364 g/mol. The zero-order chi connectivity index (χ0) is 18.6. The number of hydrogen-bond acceptors (Lipinski definition) is 2. The Morgan fingerprint density at radius 3 is 2.16 bits per heavy atom. The van der Waals surface area contributed by atoms with Gasteiger partial charge in [0.1, 0.15) is 0 Å². The molecule has 2 rings (SSSR count). The summed E-state index contributed by atoms with van der Waals surface area (Å²) in [4.78, 5) is 3.93. The van der Waals surface area contributed by atoms with Crippen LogP contribution in [0.3, 0.4) is 0 Å². The summed E-state index contributed by atoms with van der Waals surface area (Å²) in [6, 6.07) is 6.73. The van der Waals surface area contributed by atoms with Crippen LogP contribution in [0.2, 0.25) is 0 Å². The van der Waals surface area contributed by atoms with Gasteiger partial charge in [0.25, 0.3) is 6.43 Å². The largest absolute Gasteiger partial charge is 0.395 e. The van der Waals surface area contributed by atoms with Gasteiger partial charge in [0.05, 0.1) is 12.5 Å². The Hall–Kier alpha value is -1.21. The van der Waals surface area contributed by atoms with Gasteiger partial charge < -0.3 is 0 Å². The molecule has 142 valence electrons. The molecule has 1 aliphatic heterocycles. The molecule has 0 bridgehead atoms. The molecule has 0 spiro atoms. The van der Waals surface area contributed by atoms with Crippen LogP contribution in [0.1, 0.15) is 36.8 Å². The molecule has 0 aliphatic carbocycles. The van der Waals surface area contributed by atoms with E-state index in [4.69, 9.17) is 0 Å². The molecule has 0 saturated carbocycles. The molecule has 1 heterocycles. The Kier molecular flexibility index (Phi) is 6.79. The van der Waals surface area contributed by atoms with E-state index in [1.54, 1.807) is 24.1 Å². The van der Waals surface area contributed by atoms with Crippen LogP contribution < -0.4 is 0 Å². The van der Waals surface area contributed by atoms with Gasteiger partial charge in [-0.25, -0.2) is 8.78 Å². The minimum atomic E-state index is -4.23. The second-order valence-corrected chi connectivity index (χ2v) is 6.84. The number of piperidine rings is 1. The summed E-state index contributed by atoms with van der Waals surface area (Å²) in [5.41, 5.74) is 1.24. The van der Waals surface area contributed by atoms with E-state index < -0.39 is 18.5 Å². The fraction of sp³-hybridized carbons (Fsp3) is 0.667. The highest BCUT2D eigenvalue weighted by molar-refractivity contribution is 5.26. The summed E-state index contributed by atoms with van der Waals surface area (Å²) in [6.07, 6.45) is -4.90. The van der Waals surface area contributed by atoms with Crippen molar-refractivity contribution in [2.24, 2.45) is 0 Å². The molecule has 1 aromatic carbocycles. The second kappa shape index (κ2) is 8.45. The molecule has 1 atom stereocenters. The maximum absolute atomic E-state index is 12.7. The molecule has 1 aromatic rings. The lowest BCUT2D eigenvalue weighted by molar-refractivity contribution is -0.146. The highest BCUT2D eigenvalue weighted by atomic mass is 19.4. The fourth-order valence-corrected chi connectivity index (χ4v) is 3.24. The Labute approximate surface area is 145 Å². The van der Waals surface area contributed by atoms with Crippen molar-refractivity contribution in [1.82, 2.24) is 9.80 Å². The third-order valence-electron chi connectivity index (χ3n) is 4.98. The van der Waals surface area contributed by atoms with E-state index in [2.05, 4.69) is 4.90 Å². The molecule has 1 aliphatic rings. The van der Waals surface area contributed by atoms with Gasteiger partial charge in [-0.1, -0.05) is 24.3 Å². The van der Waals surface area contributed by atoms with E-state index in [0.717, 1.165) is 38.4 Å². The molecule has 1 saturated heterocycles. The standard InChI is InChI=1S/C18H25F5N2/c1-13(18(21,22)23)15-5-3-14(4-6-15)11-25-9-7-16(8-10-25)24(2)12-17(19)20/h3-6,13,16-17H,7-12H2,1-2H3. The van der Waals surface area contributed by atoms with E-state index in [-0.39, 0.29) is 18.2 Å². The first-order valence-electron chi connectivity index (χ1n) is 8.53. The van der Waals surface area contributed by atoms with Gasteiger partial charge in [-0.05, 0) is 51.0 Å². The van der Waals surface area contributed by atoms with Crippen LogP contribution in [-0.2, 0) is 6.54 Å². The quantitative estimate of drug-likeness (QED) is 0.685. The van der Waals surface area contributed by atoms with Crippen molar-refractivity contribution in [2.45, 2.75) is 50.9 Å². The van der Waals surface area contributed by atoms with Gasteiger partial charge in [0, 0.05) is 12.6 Å². The number of rotatable bonds is 6. The molecule has 0 aromatic heterocycles. The van der Waals surface area contributed by atoms with E-state index >= 15 is 0 Å². The summed E-state index contributed by atoms with van der Waals surface area (Å²) in [7, 11) is 1.73. The van der Waals surface area contributed by atoms with Crippen molar-refractivity contribution >= 4 is 0 Å². The van der Waals surface area contributed by atoms with Crippen LogP contribution in [-0.4, -0.2) is 55.1 Å². The van der Waals surface area contributed by atoms with Crippen molar-refractivity contribution in [1.29, 1.82) is 0 Å². The second-order valence-electron chi connectivity index (χ2n) is 6.84. The first kappa shape index (κ1) is 20.1. The molecule has 0 radical (unpaired) electrons. The maximum Gasteiger partial charge on any atom is 0.395 e. The topological polar surface area (TPSA) is 6.48 Å². The summed E-state index contributed by atoms with van der Waals surface area (Å²) < 4.78 is 63.1. The summed E-state index contributed by atoms with van der Waals surface area (Å²) >= 11 is 0. The van der Waals surface area contributed by atoms with Crippen molar-refractivity contribution < 1.29 is 22.0 Å². The van der Waals surface area contributed by atoms with Gasteiger partial charge in [-0.15, -0.1) is 0 Å². The van der Waals surface area contributed by atoms with Crippen LogP contribution in [0.5, 0.6) is 0 Å². The Morgan fingerprint density at radius 1 is 1.12 bits per heavy atom. The summed E-state index contributed by atoms with van der Waals surface area (Å²) in [6.45, 7) is 3.24. The average Bonchev–Trinajstić information content (AvgIpc) is 2.54. The first-order valence-corrected chi connectivity index (χ1v) is 8.53. The number of alkyl halides is 5. The van der Waals surface area contributed by atoms with Crippen molar-refractivity contribution in [3.63, 3.8) is 0 Å². The Morgan fingerprint density at radius 2 is 1.68 bits per heavy atom. The third kappa shape index (κ3) is 5.92. The predicted molar refractivity (Wildman–Crippen MR) is 87.8 cm³/mol. The minimum Gasteiger partial charge on any atom is -0.299 e. The van der Waals surface area contributed by atoms with Crippen LogP contribution in [0, 0.1) is 0 Å². The van der Waals surface area contributed by atoms with Gasteiger partial charge >= 0.3 is 6.18 Å². The molecule has 1 fully saturated rings. The lowest BCUT2D eigenvalue weighted by Crippen LogP contribution is -2.44. The van der Waals surface area contributed by atoms with Gasteiger partial charge in [0.2, 0.25) is 0 Å². The average molecular weight is 364 g/mol. The molecular weight excluding hydrogens is 339 g/mol. The van der Waals surface area contributed by atoms with Crippen LogP contribution in [0.15, 0.2) is 24.3 Å². The van der Waals surface area contributed by atoms with E-state index in [1.165, 1.54) is 12.1 Å². The zero-order valence-electron chi connectivity index (χ0n) is 14.6. The number of benzene rings is 1. The third-order valence-corrected chi connectivity index (χ3v) is 4.98. The van der Waals surface area contributed by atoms with Crippen molar-refractivity contribution in [2.75, 3.05) is 26.7 Å². The lowest BCUT2D eigenvalue weighted by atomic mass is 9.98. The number of nitrogens with zero attached hydrogens (tertiary/aromatic N) is 2. The van der Waals surface area contributed by atoms with E-state index in [1.807, 2.05) is 0 Å². The molecule has 7 heteroatoms. The number of likely N-dealkylation sites (tertiary alicyclic amines) is 1. The number of halogens is 5. The van der Waals surface area contributed by atoms with Gasteiger partial charge in [0.15, 0.2) is 0 Å². The van der Waals surface area contributed by atoms with Gasteiger partial charge in [-0.2, -0.15) is 13.2 Å². The SMILES string of the molecule is CC(c1ccc(CN2CCC(N(C)CC(F)F)CC2)cc1)C(F)(F)F. The molecule has 2 nitrogen and oxygen atoms in total. The molecule has 0 amide bonds. The normalized spacial score (nSPS) is 18.9. The molecule has 1 unspecified atom stereocenters. The Bertz CT molecular complexity index is 521. The molecular formula is C18H25F5N2. The minimum absolute atomic E-state index is 0.167. The van der Waals surface area contributed by atoms with Crippen LogP contribution in [0.4, 0.5) is 22.0 Å². The van der Waals surface area contributed by atoms with Crippen LogP contribution in [0.25, 0.3) is 0 Å². The van der Waals surface area contributed by atoms with E-state index in [9.17, 15) is 22.0 Å². The zero-order valence-corrected chi connectivity index (χ0v) is 14.6. The molecule has 25 heavy (non-hydrogen) atoms. The number of hydrogen-bond donors (Lipinski definition) is 0. The van der Waals surface area contributed by atoms with Crippen molar-refractivity contribution in [3.05, 3.63) is 35.4 Å². The summed E-state index contributed by atoms with van der Waals surface area (Å²) in [5.74, 6) is -1.47. The predicted octanol–water partition coefficient (Wildman–Crippen LogP) is 4.51. The van der Waals surface area contributed by atoms with E-state index in [0.29, 0.717) is 6.54 Å². The smallest absolute Gasteiger partial charge is 0.299 e. The fourth-order valence-electron chi connectivity index (χ4n) is 3.24. The van der Waals surface area contributed by atoms with Gasteiger partial charge in [-0.3, -0.25) is 9.80 Å². The lowest BCUT2D eigenvalue weighted by Gasteiger charge is -2.36. The first-order chi connectivity index (χ1) is 11.7.